The number of esters is 1. The number of para-hydroxylation sites is 1. The van der Waals surface area contributed by atoms with Crippen molar-refractivity contribution in [3.63, 3.8) is 0 Å². The standard InChI is InChI=1S/C17H25BO5/c1-11-8-7-9-12(15(11)20)13(10-14(19)21-6)18-22-16(2,3)17(4,5)23-18/h7-9,13,20H,10H2,1-6H3. The van der Waals surface area contributed by atoms with Crippen LogP contribution in [0.1, 0.15) is 51.1 Å². The number of aromatic hydroxyl groups is 1. The second kappa shape index (κ2) is 6.17. The van der Waals surface area contributed by atoms with Gasteiger partial charge in [-0.2, -0.15) is 0 Å². The molecule has 1 unspecified atom stereocenters. The number of ether oxygens (including phenoxy) is 1. The molecule has 1 N–H and O–H groups in total. The van der Waals surface area contributed by atoms with E-state index in [4.69, 9.17) is 14.0 Å². The first-order valence-electron chi connectivity index (χ1n) is 7.80. The highest BCUT2D eigenvalue weighted by molar-refractivity contribution is 6.48. The van der Waals surface area contributed by atoms with Crippen LogP contribution in [0.5, 0.6) is 5.75 Å². The minimum absolute atomic E-state index is 0.0738. The van der Waals surface area contributed by atoms with E-state index in [0.29, 0.717) is 5.56 Å². The number of phenolic OH excluding ortho intramolecular Hbond substituents is 1. The largest absolute Gasteiger partial charge is 0.507 e. The fourth-order valence-corrected chi connectivity index (χ4v) is 2.65. The Kier molecular flexibility index (Phi) is 4.78. The first-order chi connectivity index (χ1) is 10.6. The molecule has 1 atom stereocenters. The van der Waals surface area contributed by atoms with Crippen molar-refractivity contribution < 1.29 is 23.9 Å². The highest BCUT2D eigenvalue weighted by Gasteiger charge is 2.54. The molecule has 1 fully saturated rings. The van der Waals surface area contributed by atoms with Gasteiger partial charge in [-0.3, -0.25) is 4.79 Å². The summed E-state index contributed by atoms with van der Waals surface area (Å²) in [6, 6.07) is 5.46. The zero-order chi connectivity index (χ0) is 17.4. The molecule has 1 aromatic carbocycles. The van der Waals surface area contributed by atoms with Gasteiger partial charge in [-0.05, 0) is 45.7 Å². The van der Waals surface area contributed by atoms with Crippen molar-refractivity contribution in [2.24, 2.45) is 0 Å². The van der Waals surface area contributed by atoms with Gasteiger partial charge in [0.05, 0.1) is 24.7 Å². The molecule has 2 rings (SSSR count). The number of rotatable bonds is 4. The van der Waals surface area contributed by atoms with Gasteiger partial charge in [0.1, 0.15) is 5.75 Å². The summed E-state index contributed by atoms with van der Waals surface area (Å²) in [5.74, 6) is -0.648. The molecule has 1 aliphatic heterocycles. The van der Waals surface area contributed by atoms with E-state index in [9.17, 15) is 9.90 Å². The summed E-state index contributed by atoms with van der Waals surface area (Å²) in [4.78, 5) is 11.9. The maximum absolute atomic E-state index is 11.9. The van der Waals surface area contributed by atoms with Crippen LogP contribution in [0.15, 0.2) is 18.2 Å². The third-order valence-electron chi connectivity index (χ3n) is 4.88. The lowest BCUT2D eigenvalue weighted by Gasteiger charge is -2.32. The van der Waals surface area contributed by atoms with Crippen molar-refractivity contribution in [3.8, 4) is 5.75 Å². The van der Waals surface area contributed by atoms with Crippen molar-refractivity contribution in [2.45, 2.75) is 58.1 Å². The average molecular weight is 320 g/mol. The number of hydrogen-bond acceptors (Lipinski definition) is 5. The molecule has 1 aromatic rings. The number of phenols is 1. The molecular formula is C17H25BO5. The summed E-state index contributed by atoms with van der Waals surface area (Å²) in [7, 11) is 0.714. The summed E-state index contributed by atoms with van der Waals surface area (Å²) in [6.45, 7) is 9.64. The Balaban J connectivity index is 2.40. The fraction of sp³-hybridized carbons (Fsp3) is 0.588. The van der Waals surface area contributed by atoms with E-state index in [1.54, 1.807) is 6.07 Å². The van der Waals surface area contributed by atoms with E-state index in [2.05, 4.69) is 0 Å². The molecule has 0 bridgehead atoms. The normalized spacial score (nSPS) is 20.3. The predicted octanol–water partition coefficient (Wildman–Crippen LogP) is 2.98. The molecule has 1 saturated heterocycles. The molecule has 0 aromatic heterocycles. The lowest BCUT2D eigenvalue weighted by molar-refractivity contribution is -0.140. The molecule has 126 valence electrons. The molecule has 0 aliphatic carbocycles. The minimum atomic E-state index is -0.633. The zero-order valence-electron chi connectivity index (χ0n) is 14.7. The second-order valence-corrected chi connectivity index (χ2v) is 7.02. The number of carbonyl (C=O) groups is 1. The molecule has 6 heteroatoms. The Morgan fingerprint density at radius 1 is 1.26 bits per heavy atom. The van der Waals surface area contributed by atoms with Gasteiger partial charge in [-0.15, -0.1) is 0 Å². The number of benzene rings is 1. The lowest BCUT2D eigenvalue weighted by Crippen LogP contribution is -2.41. The predicted molar refractivity (Wildman–Crippen MR) is 88.3 cm³/mol. The van der Waals surface area contributed by atoms with Gasteiger partial charge < -0.3 is 19.2 Å². The van der Waals surface area contributed by atoms with Gasteiger partial charge in [-0.1, -0.05) is 18.2 Å². The van der Waals surface area contributed by atoms with Gasteiger partial charge >= 0.3 is 13.1 Å². The second-order valence-electron chi connectivity index (χ2n) is 7.02. The molecule has 0 amide bonds. The lowest BCUT2D eigenvalue weighted by atomic mass is 9.65. The number of methoxy groups -OCH3 is 1. The first kappa shape index (κ1) is 17.8. The highest BCUT2D eigenvalue weighted by Crippen LogP contribution is 2.43. The summed E-state index contributed by atoms with van der Waals surface area (Å²) in [5.41, 5.74) is 0.361. The van der Waals surface area contributed by atoms with Gasteiger partial charge in [-0.25, -0.2) is 0 Å². The Hall–Kier alpha value is -1.53. The molecule has 1 aliphatic rings. The van der Waals surface area contributed by atoms with E-state index in [1.165, 1.54) is 7.11 Å². The molecule has 1 heterocycles. The summed E-state index contributed by atoms with van der Waals surface area (Å²) < 4.78 is 17.0. The van der Waals surface area contributed by atoms with Crippen LogP contribution < -0.4 is 0 Å². The third kappa shape index (κ3) is 3.38. The summed E-state index contributed by atoms with van der Waals surface area (Å²) >= 11 is 0. The van der Waals surface area contributed by atoms with E-state index in [1.807, 2.05) is 46.8 Å². The quantitative estimate of drug-likeness (QED) is 0.682. The van der Waals surface area contributed by atoms with E-state index < -0.39 is 24.1 Å². The maximum atomic E-state index is 11.9. The van der Waals surface area contributed by atoms with Crippen LogP contribution in [0.25, 0.3) is 0 Å². The molecule has 0 saturated carbocycles. The van der Waals surface area contributed by atoms with Crippen LogP contribution >= 0.6 is 0 Å². The smallest absolute Gasteiger partial charge is 0.466 e. The van der Waals surface area contributed by atoms with E-state index in [0.717, 1.165) is 5.56 Å². The zero-order valence-corrected chi connectivity index (χ0v) is 14.7. The summed E-state index contributed by atoms with van der Waals surface area (Å²) in [5, 5.41) is 10.4. The van der Waals surface area contributed by atoms with Crippen LogP contribution in [0.3, 0.4) is 0 Å². The van der Waals surface area contributed by atoms with Gasteiger partial charge in [0.2, 0.25) is 0 Å². The molecule has 23 heavy (non-hydrogen) atoms. The topological polar surface area (TPSA) is 65.0 Å². The van der Waals surface area contributed by atoms with Gasteiger partial charge in [0.25, 0.3) is 0 Å². The Labute approximate surface area is 138 Å². The monoisotopic (exact) mass is 320 g/mol. The van der Waals surface area contributed by atoms with Crippen molar-refractivity contribution in [3.05, 3.63) is 29.3 Å². The highest BCUT2D eigenvalue weighted by atomic mass is 16.7. The number of aryl methyl sites for hydroxylation is 1. The molecule has 0 radical (unpaired) electrons. The van der Waals surface area contributed by atoms with Crippen LogP contribution in [0.2, 0.25) is 0 Å². The van der Waals surface area contributed by atoms with Gasteiger partial charge in [0.15, 0.2) is 0 Å². The van der Waals surface area contributed by atoms with Crippen LogP contribution in [-0.2, 0) is 18.8 Å². The molecule has 0 spiro atoms. The molecule has 5 nitrogen and oxygen atoms in total. The number of hydrogen-bond donors (Lipinski definition) is 1. The van der Waals surface area contributed by atoms with E-state index in [-0.39, 0.29) is 18.1 Å². The number of carbonyl (C=O) groups excluding carboxylic acids is 1. The van der Waals surface area contributed by atoms with Crippen molar-refractivity contribution in [1.82, 2.24) is 0 Å². The van der Waals surface area contributed by atoms with Crippen molar-refractivity contribution >= 4 is 13.1 Å². The maximum Gasteiger partial charge on any atom is 0.466 e. The fourth-order valence-electron chi connectivity index (χ4n) is 2.65. The van der Waals surface area contributed by atoms with Crippen LogP contribution in [-0.4, -0.2) is 36.5 Å². The Morgan fingerprint density at radius 2 is 1.83 bits per heavy atom. The van der Waals surface area contributed by atoms with Crippen LogP contribution in [0, 0.1) is 6.92 Å². The van der Waals surface area contributed by atoms with Crippen molar-refractivity contribution in [1.29, 1.82) is 0 Å². The first-order valence-corrected chi connectivity index (χ1v) is 7.80. The van der Waals surface area contributed by atoms with Crippen molar-refractivity contribution in [2.75, 3.05) is 7.11 Å². The average Bonchev–Trinajstić information content (AvgIpc) is 2.67. The third-order valence-corrected chi connectivity index (χ3v) is 4.88. The van der Waals surface area contributed by atoms with E-state index >= 15 is 0 Å². The summed E-state index contributed by atoms with van der Waals surface area (Å²) in [6.07, 6.45) is 0.0738. The Bertz CT molecular complexity index is 581. The van der Waals surface area contributed by atoms with Crippen LogP contribution in [0.4, 0.5) is 0 Å². The molecular weight excluding hydrogens is 295 g/mol. The Morgan fingerprint density at radius 3 is 2.35 bits per heavy atom. The minimum Gasteiger partial charge on any atom is -0.507 e. The SMILES string of the molecule is COC(=O)CC(B1OC(C)(C)C(C)(C)O1)c1cccc(C)c1O. The van der Waals surface area contributed by atoms with Gasteiger partial charge in [0, 0.05) is 5.82 Å².